The highest BCUT2D eigenvalue weighted by Gasteiger charge is 2.04. The predicted molar refractivity (Wildman–Crippen MR) is 86.8 cm³/mol. The second-order valence-corrected chi connectivity index (χ2v) is 4.30. The van der Waals surface area contributed by atoms with Crippen molar-refractivity contribution >= 4 is 0 Å². The zero-order valence-electron chi connectivity index (χ0n) is 12.0. The van der Waals surface area contributed by atoms with Crippen LogP contribution in [0.25, 0.3) is 0 Å². The van der Waals surface area contributed by atoms with Gasteiger partial charge in [0.05, 0.1) is 0 Å². The zero-order valence-corrected chi connectivity index (χ0v) is 12.0. The molecule has 0 aromatic carbocycles. The average molecular weight is 258 g/mol. The van der Waals surface area contributed by atoms with Crippen molar-refractivity contribution in [2.45, 2.75) is 12.8 Å². The highest BCUT2D eigenvalue weighted by molar-refractivity contribution is 5.13. The summed E-state index contributed by atoms with van der Waals surface area (Å²) >= 11 is 0. The van der Waals surface area contributed by atoms with Crippen molar-refractivity contribution in [2.24, 2.45) is 0 Å². The van der Waals surface area contributed by atoms with Crippen molar-refractivity contribution < 1.29 is 0 Å². The molecule has 0 unspecified atom stereocenters. The van der Waals surface area contributed by atoms with Gasteiger partial charge in [-0.05, 0) is 25.0 Å². The zero-order chi connectivity index (χ0) is 14.7. The minimum Gasteiger partial charge on any atom is -0.384 e. The van der Waals surface area contributed by atoms with Gasteiger partial charge in [0.25, 0.3) is 0 Å². The number of allylic oxidation sites excluding steroid dienone is 4. The van der Waals surface area contributed by atoms with Crippen molar-refractivity contribution in [1.29, 1.82) is 0 Å². The minimum absolute atomic E-state index is 0.806. The van der Waals surface area contributed by atoms with Gasteiger partial charge in [-0.3, -0.25) is 0 Å². The highest BCUT2D eigenvalue weighted by Crippen LogP contribution is 2.08. The molecule has 0 aliphatic carbocycles. The first-order chi connectivity index (χ1) is 9.04. The molecule has 0 fully saturated rings. The number of hydrogen-bond acceptors (Lipinski definition) is 2. The van der Waals surface area contributed by atoms with Crippen molar-refractivity contribution in [2.75, 3.05) is 19.6 Å². The number of hydrogen-bond donors (Lipinski definition) is 1. The van der Waals surface area contributed by atoms with E-state index in [-0.39, 0.29) is 0 Å². The monoisotopic (exact) mass is 258 g/mol. The molecule has 0 amide bonds. The molecule has 104 valence electrons. The van der Waals surface area contributed by atoms with E-state index < -0.39 is 0 Å². The van der Waals surface area contributed by atoms with Gasteiger partial charge in [-0.25, -0.2) is 0 Å². The lowest BCUT2D eigenvalue weighted by molar-refractivity contribution is 0.352. The van der Waals surface area contributed by atoms with E-state index in [0.717, 1.165) is 49.4 Å². The van der Waals surface area contributed by atoms with E-state index in [4.69, 9.17) is 0 Å². The van der Waals surface area contributed by atoms with E-state index in [9.17, 15) is 0 Å². The van der Waals surface area contributed by atoms with Crippen LogP contribution in [0.2, 0.25) is 0 Å². The smallest absolute Gasteiger partial charge is 0.0351 e. The minimum atomic E-state index is 0.806. The van der Waals surface area contributed by atoms with E-state index in [0.29, 0.717) is 0 Å². The van der Waals surface area contributed by atoms with Crippen molar-refractivity contribution in [3.05, 3.63) is 74.7 Å². The van der Waals surface area contributed by atoms with E-state index in [1.807, 2.05) is 6.08 Å². The van der Waals surface area contributed by atoms with Gasteiger partial charge in [-0.1, -0.05) is 51.1 Å². The van der Waals surface area contributed by atoms with Crippen LogP contribution in [0.5, 0.6) is 0 Å². The van der Waals surface area contributed by atoms with Gasteiger partial charge in [0.15, 0.2) is 0 Å². The van der Waals surface area contributed by atoms with Crippen molar-refractivity contribution in [1.82, 2.24) is 10.2 Å². The van der Waals surface area contributed by atoms with Crippen molar-refractivity contribution in [3.8, 4) is 0 Å². The van der Waals surface area contributed by atoms with Crippen molar-refractivity contribution in [3.63, 3.8) is 0 Å². The third kappa shape index (κ3) is 7.87. The summed E-state index contributed by atoms with van der Waals surface area (Å²) in [5, 5.41) is 3.19. The van der Waals surface area contributed by atoms with E-state index in [2.05, 4.69) is 49.7 Å². The van der Waals surface area contributed by atoms with Crippen LogP contribution in [-0.4, -0.2) is 24.5 Å². The Labute approximate surface area is 118 Å². The molecule has 0 aromatic rings. The fraction of sp³-hybridized carbons (Fsp3) is 0.294. The summed E-state index contributed by atoms with van der Waals surface area (Å²) in [7, 11) is 0. The Bertz CT molecular complexity index is 337. The molecule has 0 rings (SSSR count). The molecule has 0 heterocycles. The van der Waals surface area contributed by atoms with Crippen LogP contribution in [0.1, 0.15) is 12.8 Å². The Hall–Kier alpha value is -1.96. The molecule has 0 radical (unpaired) electrons. The van der Waals surface area contributed by atoms with Gasteiger partial charge >= 0.3 is 0 Å². The fourth-order valence-electron chi connectivity index (χ4n) is 1.55. The molecule has 0 saturated heterocycles. The summed E-state index contributed by atoms with van der Waals surface area (Å²) in [6.07, 6.45) is 7.28. The van der Waals surface area contributed by atoms with Gasteiger partial charge in [0.1, 0.15) is 0 Å². The Kier molecular flexibility index (Phi) is 8.98. The van der Waals surface area contributed by atoms with Crippen LogP contribution in [0, 0.1) is 0 Å². The normalized spacial score (nSPS) is 9.26. The van der Waals surface area contributed by atoms with Crippen LogP contribution in [0.4, 0.5) is 0 Å². The topological polar surface area (TPSA) is 15.3 Å². The second kappa shape index (κ2) is 10.0. The molecule has 1 N–H and O–H groups in total. The third-order valence-corrected chi connectivity index (χ3v) is 2.84. The Morgan fingerprint density at radius 3 is 2.16 bits per heavy atom. The van der Waals surface area contributed by atoms with E-state index >= 15 is 0 Å². The van der Waals surface area contributed by atoms with Gasteiger partial charge in [0.2, 0.25) is 0 Å². The molecule has 2 nitrogen and oxygen atoms in total. The first-order valence-electron chi connectivity index (χ1n) is 6.46. The summed E-state index contributed by atoms with van der Waals surface area (Å²) in [6, 6.07) is 0. The van der Waals surface area contributed by atoms with Crippen LogP contribution < -0.4 is 5.32 Å². The van der Waals surface area contributed by atoms with E-state index in [1.165, 1.54) is 0 Å². The van der Waals surface area contributed by atoms with Crippen LogP contribution in [0.3, 0.4) is 0 Å². The standard InChI is InChI=1S/C17H26N2/c1-7-15(4)11-10-13-19(17(6)9-3)14-12-18-16(5)8-2/h7-9,18H,1-6,10-14H2. The molecular weight excluding hydrogens is 232 g/mol. The maximum Gasteiger partial charge on any atom is 0.0351 e. The fourth-order valence-corrected chi connectivity index (χ4v) is 1.55. The molecule has 19 heavy (non-hydrogen) atoms. The number of rotatable bonds is 12. The summed E-state index contributed by atoms with van der Waals surface area (Å²) in [5.41, 5.74) is 2.85. The lowest BCUT2D eigenvalue weighted by Gasteiger charge is -2.25. The highest BCUT2D eigenvalue weighted by atomic mass is 15.1. The van der Waals surface area contributed by atoms with Crippen LogP contribution in [-0.2, 0) is 0 Å². The SMILES string of the molecule is C=CC(=C)CCCN(CCNC(=C)C=C)C(=C)C=C. The van der Waals surface area contributed by atoms with E-state index in [1.54, 1.807) is 12.2 Å². The molecular formula is C17H26N2. The van der Waals surface area contributed by atoms with Gasteiger partial charge in [-0.15, -0.1) is 0 Å². The molecule has 0 aromatic heterocycles. The summed E-state index contributed by atoms with van der Waals surface area (Å²) in [5.74, 6) is 0. The predicted octanol–water partition coefficient (Wildman–Crippen LogP) is 3.80. The number of nitrogens with one attached hydrogen (secondary N) is 1. The molecule has 0 saturated carbocycles. The first kappa shape index (κ1) is 17.0. The summed E-state index contributed by atoms with van der Waals surface area (Å²) in [6.45, 7) is 25.5. The molecule has 0 aliphatic rings. The quantitative estimate of drug-likeness (QED) is 0.536. The summed E-state index contributed by atoms with van der Waals surface area (Å²) in [4.78, 5) is 2.20. The third-order valence-electron chi connectivity index (χ3n) is 2.84. The van der Waals surface area contributed by atoms with Crippen LogP contribution >= 0.6 is 0 Å². The lowest BCUT2D eigenvalue weighted by atomic mass is 10.1. The maximum absolute atomic E-state index is 4.00. The maximum atomic E-state index is 4.00. The Morgan fingerprint density at radius 2 is 1.63 bits per heavy atom. The molecule has 0 atom stereocenters. The largest absolute Gasteiger partial charge is 0.384 e. The van der Waals surface area contributed by atoms with Gasteiger partial charge in [-0.2, -0.15) is 0 Å². The molecule has 0 aliphatic heterocycles. The second-order valence-electron chi connectivity index (χ2n) is 4.30. The van der Waals surface area contributed by atoms with Gasteiger partial charge in [0, 0.05) is 31.0 Å². The molecule has 0 bridgehead atoms. The average Bonchev–Trinajstić information content (AvgIpc) is 2.44. The van der Waals surface area contributed by atoms with Crippen LogP contribution in [0.15, 0.2) is 74.7 Å². The molecule has 2 heteroatoms. The Balaban J connectivity index is 4.16. The summed E-state index contributed by atoms with van der Waals surface area (Å²) < 4.78 is 0. The lowest BCUT2D eigenvalue weighted by Crippen LogP contribution is -2.31. The Morgan fingerprint density at radius 1 is 0.947 bits per heavy atom. The molecule has 0 spiro atoms. The van der Waals surface area contributed by atoms with Gasteiger partial charge < -0.3 is 10.2 Å². The number of nitrogens with zero attached hydrogens (tertiary/aromatic N) is 1. The first-order valence-corrected chi connectivity index (χ1v) is 6.46.